The Hall–Kier alpha value is -1.06. The first kappa shape index (κ1) is 9.94. The van der Waals surface area contributed by atoms with Gasteiger partial charge >= 0.3 is 5.97 Å². The molecule has 0 aliphatic heterocycles. The quantitative estimate of drug-likeness (QED) is 0.585. The average Bonchev–Trinajstić information content (AvgIpc) is 2.69. The van der Waals surface area contributed by atoms with Gasteiger partial charge in [0.05, 0.1) is 5.92 Å². The number of carboxylic acids is 1. The van der Waals surface area contributed by atoms with Crippen LogP contribution in [0.1, 0.15) is 12.8 Å². The van der Waals surface area contributed by atoms with Gasteiger partial charge in [-0.25, -0.2) is 0 Å². The van der Waals surface area contributed by atoms with Crippen molar-refractivity contribution in [1.82, 2.24) is 4.90 Å². The molecule has 0 bridgehead atoms. The zero-order chi connectivity index (χ0) is 8.85. The van der Waals surface area contributed by atoms with Crippen molar-refractivity contribution in [2.75, 3.05) is 14.1 Å². The van der Waals surface area contributed by atoms with Gasteiger partial charge in [0.1, 0.15) is 0 Å². The highest BCUT2D eigenvalue weighted by Crippen LogP contribution is 2.28. The largest absolute Gasteiger partial charge is 0.481 e. The van der Waals surface area contributed by atoms with Gasteiger partial charge in [0.15, 0.2) is 0 Å². The summed E-state index contributed by atoms with van der Waals surface area (Å²) in [6.07, 6.45) is 2.55. The minimum Gasteiger partial charge on any atom is -0.481 e. The van der Waals surface area contributed by atoms with Crippen LogP contribution in [0.4, 0.5) is 0 Å². The lowest BCUT2D eigenvalue weighted by Gasteiger charge is -1.93. The number of aliphatic carboxylic acids is 1. The smallest absolute Gasteiger partial charge is 0.306 e. The molecule has 0 unspecified atom stereocenters. The highest BCUT2D eigenvalue weighted by Gasteiger charge is 2.28. The van der Waals surface area contributed by atoms with Crippen molar-refractivity contribution >= 4 is 12.4 Å². The van der Waals surface area contributed by atoms with E-state index in [4.69, 9.17) is 5.11 Å². The Bertz CT molecular complexity index is 141. The highest BCUT2D eigenvalue weighted by atomic mass is 16.4. The van der Waals surface area contributed by atoms with Crippen molar-refractivity contribution in [2.24, 2.45) is 5.92 Å². The molecule has 1 saturated carbocycles. The van der Waals surface area contributed by atoms with Crippen LogP contribution in [0, 0.1) is 5.92 Å². The summed E-state index contributed by atoms with van der Waals surface area (Å²) in [4.78, 5) is 20.6. The first-order valence-electron chi connectivity index (χ1n) is 3.42. The molecule has 1 aliphatic carbocycles. The fourth-order valence-corrected chi connectivity index (χ4v) is 0.330. The molecular formula is C7H13NO3. The van der Waals surface area contributed by atoms with Crippen LogP contribution >= 0.6 is 0 Å². The van der Waals surface area contributed by atoms with Gasteiger partial charge in [0.25, 0.3) is 0 Å². The number of hydrogen-bond acceptors (Lipinski definition) is 2. The van der Waals surface area contributed by atoms with E-state index in [1.165, 1.54) is 4.90 Å². The van der Waals surface area contributed by atoms with Crippen LogP contribution in [0.15, 0.2) is 0 Å². The Labute approximate surface area is 65.8 Å². The van der Waals surface area contributed by atoms with Gasteiger partial charge in [-0.2, -0.15) is 0 Å². The molecule has 1 N–H and O–H groups in total. The van der Waals surface area contributed by atoms with Crippen LogP contribution in [0.5, 0.6) is 0 Å². The lowest BCUT2D eigenvalue weighted by molar-refractivity contribution is -0.138. The van der Waals surface area contributed by atoms with Crippen molar-refractivity contribution in [3.05, 3.63) is 0 Å². The Kier molecular flexibility index (Phi) is 4.26. The maximum absolute atomic E-state index is 9.76. The van der Waals surface area contributed by atoms with Gasteiger partial charge in [-0.05, 0) is 12.8 Å². The molecule has 0 radical (unpaired) electrons. The van der Waals surface area contributed by atoms with Gasteiger partial charge in [0, 0.05) is 14.1 Å². The molecule has 0 spiro atoms. The molecule has 0 saturated heterocycles. The predicted molar refractivity (Wildman–Crippen MR) is 40.1 cm³/mol. The molecule has 0 heterocycles. The van der Waals surface area contributed by atoms with Gasteiger partial charge < -0.3 is 10.0 Å². The van der Waals surface area contributed by atoms with Crippen LogP contribution in [-0.4, -0.2) is 36.5 Å². The number of nitrogens with zero attached hydrogens (tertiary/aromatic N) is 1. The van der Waals surface area contributed by atoms with E-state index in [1.807, 2.05) is 0 Å². The molecule has 0 aromatic heterocycles. The average molecular weight is 159 g/mol. The third-order valence-corrected chi connectivity index (χ3v) is 1.14. The topological polar surface area (TPSA) is 57.6 Å². The zero-order valence-corrected chi connectivity index (χ0v) is 6.78. The van der Waals surface area contributed by atoms with Crippen molar-refractivity contribution in [3.8, 4) is 0 Å². The van der Waals surface area contributed by atoms with Crippen molar-refractivity contribution in [3.63, 3.8) is 0 Å². The maximum Gasteiger partial charge on any atom is 0.306 e. The van der Waals surface area contributed by atoms with E-state index >= 15 is 0 Å². The van der Waals surface area contributed by atoms with Crippen LogP contribution in [0.3, 0.4) is 0 Å². The molecule has 0 aromatic rings. The van der Waals surface area contributed by atoms with E-state index in [-0.39, 0.29) is 5.92 Å². The Morgan fingerprint density at radius 3 is 1.91 bits per heavy atom. The summed E-state index contributed by atoms with van der Waals surface area (Å²) in [5.41, 5.74) is 0. The zero-order valence-electron chi connectivity index (χ0n) is 6.78. The lowest BCUT2D eigenvalue weighted by atomic mass is 10.5. The third kappa shape index (κ3) is 6.83. The van der Waals surface area contributed by atoms with E-state index in [0.29, 0.717) is 0 Å². The summed E-state index contributed by atoms with van der Waals surface area (Å²) in [5, 5.41) is 8.05. The van der Waals surface area contributed by atoms with Crippen LogP contribution in [0.2, 0.25) is 0 Å². The first-order valence-corrected chi connectivity index (χ1v) is 3.42. The summed E-state index contributed by atoms with van der Waals surface area (Å²) in [7, 11) is 3.38. The highest BCUT2D eigenvalue weighted by molar-refractivity contribution is 5.72. The van der Waals surface area contributed by atoms with Crippen molar-refractivity contribution in [2.45, 2.75) is 12.8 Å². The summed E-state index contributed by atoms with van der Waals surface area (Å²) >= 11 is 0. The number of rotatable bonds is 2. The molecule has 4 nitrogen and oxygen atoms in total. The van der Waals surface area contributed by atoms with E-state index in [0.717, 1.165) is 19.3 Å². The third-order valence-electron chi connectivity index (χ3n) is 1.14. The molecule has 1 rings (SSSR count). The molecule has 0 atom stereocenters. The minimum atomic E-state index is -0.630. The van der Waals surface area contributed by atoms with Crippen molar-refractivity contribution in [1.29, 1.82) is 0 Å². The predicted octanol–water partition coefficient (Wildman–Crippen LogP) is 0.185. The van der Waals surface area contributed by atoms with Crippen LogP contribution < -0.4 is 0 Å². The molecule has 64 valence electrons. The Morgan fingerprint density at radius 1 is 1.55 bits per heavy atom. The second-order valence-electron chi connectivity index (χ2n) is 2.68. The van der Waals surface area contributed by atoms with E-state index in [2.05, 4.69) is 0 Å². The Balaban J connectivity index is 0.000000187. The number of carboxylic acid groups (broad SMARTS) is 1. The van der Waals surface area contributed by atoms with Crippen LogP contribution in [0.25, 0.3) is 0 Å². The van der Waals surface area contributed by atoms with Gasteiger partial charge in [-0.1, -0.05) is 0 Å². The molecule has 1 amide bonds. The van der Waals surface area contributed by atoms with Gasteiger partial charge in [-0.3, -0.25) is 9.59 Å². The molecule has 0 aromatic carbocycles. The molecule has 1 fully saturated rings. The summed E-state index contributed by atoms with van der Waals surface area (Å²) < 4.78 is 0. The second-order valence-corrected chi connectivity index (χ2v) is 2.68. The lowest BCUT2D eigenvalue weighted by Crippen LogP contribution is -2.06. The summed E-state index contributed by atoms with van der Waals surface area (Å²) in [6, 6.07) is 0. The number of amides is 1. The standard InChI is InChI=1S/C4H6O2.C3H7NO/c5-4(6)3-1-2-3;1-4(2)3-5/h3H,1-2H2,(H,5,6);3H,1-2H3. The number of hydrogen-bond donors (Lipinski definition) is 1. The fraction of sp³-hybridized carbons (Fsp3) is 0.714. The van der Waals surface area contributed by atoms with Gasteiger partial charge in [-0.15, -0.1) is 0 Å². The SMILES string of the molecule is CN(C)C=O.O=C(O)C1CC1. The molecule has 4 heteroatoms. The van der Waals surface area contributed by atoms with Crippen LogP contribution in [-0.2, 0) is 9.59 Å². The van der Waals surface area contributed by atoms with E-state index in [9.17, 15) is 9.59 Å². The summed E-state index contributed by atoms with van der Waals surface area (Å²) in [6.45, 7) is 0. The number of carbonyl (C=O) groups is 2. The number of carbonyl (C=O) groups excluding carboxylic acids is 1. The first-order chi connectivity index (χ1) is 5.07. The Morgan fingerprint density at radius 2 is 1.91 bits per heavy atom. The minimum absolute atomic E-state index is 0.0185. The van der Waals surface area contributed by atoms with Crippen molar-refractivity contribution < 1.29 is 14.7 Å². The second kappa shape index (κ2) is 4.71. The van der Waals surface area contributed by atoms with E-state index < -0.39 is 5.97 Å². The fourth-order valence-electron chi connectivity index (χ4n) is 0.330. The molecule has 11 heavy (non-hydrogen) atoms. The normalized spacial score (nSPS) is 14.4. The van der Waals surface area contributed by atoms with Gasteiger partial charge in [0.2, 0.25) is 6.41 Å². The maximum atomic E-state index is 9.76. The van der Waals surface area contributed by atoms with E-state index in [1.54, 1.807) is 14.1 Å². The molecule has 1 aliphatic rings. The monoisotopic (exact) mass is 159 g/mol. The molecular weight excluding hydrogens is 146 g/mol. The summed E-state index contributed by atoms with van der Waals surface area (Å²) in [5.74, 6) is -0.611.